The lowest BCUT2D eigenvalue weighted by atomic mass is 10.3. The minimum absolute atomic E-state index is 0.404. The Hall–Kier alpha value is -2.48. The van der Waals surface area contributed by atoms with Gasteiger partial charge in [0.25, 0.3) is 0 Å². The molecule has 164 valence electrons. The second kappa shape index (κ2) is 11.4. The third-order valence-electron chi connectivity index (χ3n) is 4.09. The summed E-state index contributed by atoms with van der Waals surface area (Å²) in [6.07, 6.45) is 0. The highest BCUT2D eigenvalue weighted by atomic mass is 35.7. The fourth-order valence-corrected chi connectivity index (χ4v) is 5.97. The first-order chi connectivity index (χ1) is 15.4. The predicted molar refractivity (Wildman–Crippen MR) is 133 cm³/mol. The van der Waals surface area contributed by atoms with E-state index in [9.17, 15) is 9.13 Å². The van der Waals surface area contributed by atoms with Crippen molar-refractivity contribution in [3.8, 4) is 11.5 Å². The highest BCUT2D eigenvalue weighted by Crippen LogP contribution is 2.53. The van der Waals surface area contributed by atoms with Crippen molar-refractivity contribution in [2.75, 3.05) is 0 Å². The van der Waals surface area contributed by atoms with Crippen LogP contribution < -0.4 is 19.7 Å². The maximum Gasteiger partial charge on any atom is 0.530 e. The van der Waals surface area contributed by atoms with Crippen LogP contribution in [0.15, 0.2) is 121 Å². The van der Waals surface area contributed by atoms with E-state index in [-0.39, 0.29) is 0 Å². The zero-order valence-electron chi connectivity index (χ0n) is 16.8. The summed E-state index contributed by atoms with van der Waals surface area (Å²) < 4.78 is 34.5. The van der Waals surface area contributed by atoms with Gasteiger partial charge >= 0.3 is 6.95 Å². The minimum atomic E-state index is -3.66. The van der Waals surface area contributed by atoms with Gasteiger partial charge in [-0.25, -0.2) is 4.57 Å². The Morgan fingerprint density at radius 1 is 0.469 bits per heavy atom. The van der Waals surface area contributed by atoms with Crippen LogP contribution in [0.4, 0.5) is 0 Å². The van der Waals surface area contributed by atoms with Gasteiger partial charge in [-0.1, -0.05) is 97.1 Å². The van der Waals surface area contributed by atoms with Gasteiger partial charge in [-0.3, -0.25) is 4.57 Å². The number of hydrogen-bond donors (Lipinski definition) is 0. The summed E-state index contributed by atoms with van der Waals surface area (Å²) >= 11 is 11.9. The van der Waals surface area contributed by atoms with E-state index < -0.39 is 13.4 Å². The molecule has 0 aliphatic rings. The van der Waals surface area contributed by atoms with Crippen LogP contribution in [-0.2, 0) is 9.13 Å². The van der Waals surface area contributed by atoms with E-state index in [0.717, 1.165) is 0 Å². The summed E-state index contributed by atoms with van der Waals surface area (Å²) in [7, 11) is 0. The zero-order chi connectivity index (χ0) is 22.9. The first-order valence-electron chi connectivity index (χ1n) is 9.57. The molecular weight excluding hydrogens is 485 g/mol. The maximum atomic E-state index is 12.4. The standard InChI is InChI=1S/C12H10ClO3P.C12H10ClOP/c13-17(14,15-11-7-3-1-4-8-11)16-12-9-5-2-6-10-12;13-15(14,11-7-3-1-4-8-11)12-9-5-2-6-10-12/h1-10H;1-10H. The molecule has 0 amide bonds. The maximum absolute atomic E-state index is 12.4. The molecule has 0 bridgehead atoms. The van der Waals surface area contributed by atoms with Crippen LogP contribution in [-0.4, -0.2) is 0 Å². The third-order valence-corrected chi connectivity index (χ3v) is 8.46. The summed E-state index contributed by atoms with van der Waals surface area (Å²) in [5.41, 5.74) is 0. The van der Waals surface area contributed by atoms with Gasteiger partial charge < -0.3 is 9.05 Å². The summed E-state index contributed by atoms with van der Waals surface area (Å²) in [5.74, 6) is 0.809. The second-order valence-corrected chi connectivity index (χ2v) is 12.4. The molecule has 0 heterocycles. The molecule has 0 saturated heterocycles. The molecule has 4 rings (SSSR count). The predicted octanol–water partition coefficient (Wildman–Crippen LogP) is 7.65. The van der Waals surface area contributed by atoms with E-state index in [1.807, 2.05) is 48.5 Å². The Balaban J connectivity index is 0.000000182. The van der Waals surface area contributed by atoms with Crippen LogP contribution in [0.3, 0.4) is 0 Å². The Kier molecular flexibility index (Phi) is 8.61. The van der Waals surface area contributed by atoms with Gasteiger partial charge in [0.2, 0.25) is 6.49 Å². The van der Waals surface area contributed by atoms with Crippen LogP contribution in [0, 0.1) is 0 Å². The molecular formula is C24H20Cl2O4P2. The molecule has 0 saturated carbocycles. The Morgan fingerprint density at radius 2 is 0.750 bits per heavy atom. The van der Waals surface area contributed by atoms with Gasteiger partial charge in [0.1, 0.15) is 11.5 Å². The first-order valence-corrected chi connectivity index (χ1v) is 14.6. The lowest BCUT2D eigenvalue weighted by Crippen LogP contribution is -2.11. The van der Waals surface area contributed by atoms with Gasteiger partial charge in [0, 0.05) is 21.8 Å². The van der Waals surface area contributed by atoms with Crippen molar-refractivity contribution < 1.29 is 18.2 Å². The molecule has 0 aliphatic heterocycles. The zero-order valence-corrected chi connectivity index (χ0v) is 20.1. The Bertz CT molecular complexity index is 1100. The Morgan fingerprint density at radius 3 is 1.06 bits per heavy atom. The summed E-state index contributed by atoms with van der Waals surface area (Å²) in [5, 5.41) is 1.36. The quantitative estimate of drug-likeness (QED) is 0.253. The highest BCUT2D eigenvalue weighted by molar-refractivity contribution is 8.00. The SMILES string of the molecule is O=P(Cl)(Oc1ccccc1)Oc1ccccc1.O=P(Cl)(c1ccccc1)c1ccccc1. The largest absolute Gasteiger partial charge is 0.530 e. The molecule has 0 unspecified atom stereocenters. The Labute approximate surface area is 197 Å². The normalized spacial score (nSPS) is 11.1. The number of hydrogen-bond acceptors (Lipinski definition) is 4. The van der Waals surface area contributed by atoms with Crippen LogP contribution in [0.5, 0.6) is 11.5 Å². The molecule has 4 nitrogen and oxygen atoms in total. The van der Waals surface area contributed by atoms with E-state index >= 15 is 0 Å². The fraction of sp³-hybridized carbons (Fsp3) is 0. The number of halogens is 2. The van der Waals surface area contributed by atoms with Gasteiger partial charge in [0.15, 0.2) is 0 Å². The van der Waals surface area contributed by atoms with Crippen LogP contribution in [0.2, 0.25) is 0 Å². The van der Waals surface area contributed by atoms with Gasteiger partial charge in [0.05, 0.1) is 0 Å². The molecule has 0 atom stereocenters. The molecule has 0 radical (unpaired) electrons. The van der Waals surface area contributed by atoms with Crippen molar-refractivity contribution >= 4 is 46.5 Å². The molecule has 4 aromatic rings. The summed E-state index contributed by atoms with van der Waals surface area (Å²) in [6.45, 7) is -6.59. The second-order valence-electron chi connectivity index (χ2n) is 6.44. The van der Waals surface area contributed by atoms with Gasteiger partial charge in [-0.2, -0.15) is 0 Å². The van der Waals surface area contributed by atoms with Crippen molar-refractivity contribution in [3.05, 3.63) is 121 Å². The van der Waals surface area contributed by atoms with E-state index in [1.54, 1.807) is 72.8 Å². The summed E-state index contributed by atoms with van der Waals surface area (Å²) in [6, 6.07) is 35.6. The average Bonchev–Trinajstić information content (AvgIpc) is 2.81. The monoisotopic (exact) mass is 504 g/mol. The van der Waals surface area contributed by atoms with E-state index in [4.69, 9.17) is 31.5 Å². The first kappa shape index (κ1) is 24.2. The van der Waals surface area contributed by atoms with Crippen molar-refractivity contribution in [1.29, 1.82) is 0 Å². The number of benzene rings is 4. The highest BCUT2D eigenvalue weighted by Gasteiger charge is 2.24. The fourth-order valence-electron chi connectivity index (χ4n) is 2.62. The third kappa shape index (κ3) is 7.29. The molecule has 4 aromatic carbocycles. The van der Waals surface area contributed by atoms with E-state index in [1.165, 1.54) is 0 Å². The molecule has 0 aliphatic carbocycles. The lowest BCUT2D eigenvalue weighted by Gasteiger charge is -2.13. The lowest BCUT2D eigenvalue weighted by molar-refractivity contribution is 0.406. The molecule has 8 heteroatoms. The molecule has 0 aromatic heterocycles. The molecule has 0 fully saturated rings. The van der Waals surface area contributed by atoms with Crippen LogP contribution in [0.1, 0.15) is 0 Å². The molecule has 0 spiro atoms. The van der Waals surface area contributed by atoms with Crippen molar-refractivity contribution in [2.24, 2.45) is 0 Å². The summed E-state index contributed by atoms with van der Waals surface area (Å²) in [4.78, 5) is 0. The van der Waals surface area contributed by atoms with E-state index in [2.05, 4.69) is 0 Å². The van der Waals surface area contributed by atoms with Crippen molar-refractivity contribution in [3.63, 3.8) is 0 Å². The van der Waals surface area contributed by atoms with Crippen molar-refractivity contribution in [2.45, 2.75) is 0 Å². The van der Waals surface area contributed by atoms with Crippen LogP contribution in [0.25, 0.3) is 0 Å². The van der Waals surface area contributed by atoms with Gasteiger partial charge in [-0.05, 0) is 35.5 Å². The molecule has 0 N–H and O–H groups in total. The van der Waals surface area contributed by atoms with Gasteiger partial charge in [-0.15, -0.1) is 0 Å². The van der Waals surface area contributed by atoms with E-state index in [0.29, 0.717) is 22.1 Å². The van der Waals surface area contributed by atoms with Crippen molar-refractivity contribution in [1.82, 2.24) is 0 Å². The average molecular weight is 505 g/mol. The topological polar surface area (TPSA) is 52.6 Å². The smallest absolute Gasteiger partial charge is 0.405 e. The number of rotatable bonds is 6. The molecule has 32 heavy (non-hydrogen) atoms. The minimum Gasteiger partial charge on any atom is -0.405 e. The van der Waals surface area contributed by atoms with Crippen LogP contribution >= 0.6 is 35.9 Å². The number of para-hydroxylation sites is 2.